The zero-order chi connectivity index (χ0) is 20.7. The maximum absolute atomic E-state index is 12.7. The van der Waals surface area contributed by atoms with Crippen molar-refractivity contribution in [3.05, 3.63) is 29.0 Å². The Morgan fingerprint density at radius 2 is 1.93 bits per heavy atom. The number of aliphatic hydroxyl groups is 1. The van der Waals surface area contributed by atoms with Gasteiger partial charge in [-0.15, -0.1) is 0 Å². The highest BCUT2D eigenvalue weighted by atomic mass is 35.5. The molecule has 154 valence electrons. The summed E-state index contributed by atoms with van der Waals surface area (Å²) in [6.07, 6.45) is 2.99. The lowest BCUT2D eigenvalue weighted by Crippen LogP contribution is -2.49. The lowest BCUT2D eigenvalue weighted by Gasteiger charge is -2.34. The van der Waals surface area contributed by atoms with Gasteiger partial charge in [0.2, 0.25) is 5.91 Å². The van der Waals surface area contributed by atoms with Gasteiger partial charge < -0.3 is 25.3 Å². The number of likely N-dealkylation sites (N-methyl/N-ethyl adjacent to an activating group) is 1. The first-order chi connectivity index (χ1) is 13.4. The minimum absolute atomic E-state index is 0.0749. The van der Waals surface area contributed by atoms with Crippen molar-refractivity contribution < 1.29 is 24.6 Å². The minimum Gasteiger partial charge on any atom is -0.483 e. The van der Waals surface area contributed by atoms with E-state index in [1.807, 2.05) is 11.9 Å². The molecule has 10 heteroatoms. The number of rotatable bonds is 3. The Morgan fingerprint density at radius 3 is 2.54 bits per heavy atom. The van der Waals surface area contributed by atoms with Gasteiger partial charge in [-0.2, -0.15) is 0 Å². The summed E-state index contributed by atoms with van der Waals surface area (Å²) in [5, 5.41) is 20.2. The molecule has 0 radical (unpaired) electrons. The molecule has 2 heterocycles. The zero-order valence-corrected chi connectivity index (χ0v) is 16.4. The molecule has 0 bridgehead atoms. The molecule has 0 spiro atoms. The molecule has 2 aliphatic rings. The highest BCUT2D eigenvalue weighted by molar-refractivity contribution is 6.33. The minimum atomic E-state index is -0.731. The van der Waals surface area contributed by atoms with Crippen molar-refractivity contribution in [3.63, 3.8) is 0 Å². The van der Waals surface area contributed by atoms with E-state index >= 15 is 0 Å². The van der Waals surface area contributed by atoms with E-state index in [0.717, 1.165) is 13.1 Å². The lowest BCUT2D eigenvalue weighted by atomic mass is 10.1. The maximum atomic E-state index is 12.7. The Morgan fingerprint density at radius 1 is 1.29 bits per heavy atom. The van der Waals surface area contributed by atoms with Crippen LogP contribution in [0.25, 0.3) is 0 Å². The summed E-state index contributed by atoms with van der Waals surface area (Å²) in [5.41, 5.74) is 0.317. The predicted octanol–water partition coefficient (Wildman–Crippen LogP) is 0.0791. The molecule has 1 saturated heterocycles. The van der Waals surface area contributed by atoms with Crippen LogP contribution in [0.2, 0.25) is 5.02 Å². The van der Waals surface area contributed by atoms with Crippen LogP contribution in [0.1, 0.15) is 23.2 Å². The Bertz CT molecular complexity index is 696. The average molecular weight is 413 g/mol. The summed E-state index contributed by atoms with van der Waals surface area (Å²) in [7, 11) is 2.04. The molecule has 3 N–H and O–H groups in total. The van der Waals surface area contributed by atoms with Crippen LogP contribution < -0.4 is 5.32 Å². The molecule has 1 aliphatic heterocycles. The normalized spacial score (nSPS) is 24.8. The number of hydrogen-bond acceptors (Lipinski definition) is 6. The number of nitrogens with one attached hydrogen (secondary N) is 1. The molecule has 0 unspecified atom stereocenters. The smallest absolute Gasteiger partial charge is 0.290 e. The molecule has 1 aromatic heterocycles. The molecule has 3 rings (SSSR count). The van der Waals surface area contributed by atoms with E-state index in [1.54, 1.807) is 0 Å². The van der Waals surface area contributed by atoms with E-state index in [2.05, 4.69) is 15.2 Å². The van der Waals surface area contributed by atoms with Gasteiger partial charge in [-0.1, -0.05) is 11.6 Å². The fraction of sp³-hybridized carbons (Fsp3) is 0.556. The van der Waals surface area contributed by atoms with Crippen molar-refractivity contribution in [1.82, 2.24) is 20.1 Å². The molecule has 9 nitrogen and oxygen atoms in total. The number of piperazine rings is 1. The van der Waals surface area contributed by atoms with Gasteiger partial charge in [0.05, 0.1) is 22.7 Å². The standard InChI is InChI=1S/C17H23ClN4O3.CH2O2/c1-21-4-6-22(7-5-21)17(25)11-8-14(15(23)9-11)20-16(24)12-2-3-19-10-13(12)18;2-1-3/h2-3,10-11,14-15,23H,4-9H2,1H3,(H,20,24);1H,(H,2,3)/t11-,14+,15+;/m0./s1. The van der Waals surface area contributed by atoms with Crippen molar-refractivity contribution >= 4 is 29.9 Å². The van der Waals surface area contributed by atoms with Gasteiger partial charge in [-0.25, -0.2) is 0 Å². The Labute approximate surface area is 168 Å². The number of aliphatic hydroxyl groups excluding tert-OH is 1. The molecule has 1 aromatic rings. The first kappa shape index (κ1) is 22.1. The summed E-state index contributed by atoms with van der Waals surface area (Å²) in [6.45, 7) is 2.90. The molecule has 1 saturated carbocycles. The summed E-state index contributed by atoms with van der Waals surface area (Å²) < 4.78 is 0. The SMILES string of the molecule is CN1CCN(C(=O)[C@@H]2C[C@@H](O)[C@H](NC(=O)c3ccncc3Cl)C2)CC1.O=CO. The first-order valence-electron chi connectivity index (χ1n) is 9.01. The summed E-state index contributed by atoms with van der Waals surface area (Å²) in [6, 6.07) is 1.09. The van der Waals surface area contributed by atoms with Gasteiger partial charge in [0, 0.05) is 44.5 Å². The second-order valence-corrected chi connectivity index (χ2v) is 7.31. The number of pyridine rings is 1. The molecule has 28 heavy (non-hydrogen) atoms. The van der Waals surface area contributed by atoms with Crippen LogP contribution in [0.15, 0.2) is 18.5 Å². The fourth-order valence-corrected chi connectivity index (χ4v) is 3.67. The van der Waals surface area contributed by atoms with Crippen molar-refractivity contribution in [3.8, 4) is 0 Å². The van der Waals surface area contributed by atoms with Crippen LogP contribution in [0.5, 0.6) is 0 Å². The van der Waals surface area contributed by atoms with Gasteiger partial charge in [-0.3, -0.25) is 19.4 Å². The number of aromatic nitrogens is 1. The van der Waals surface area contributed by atoms with Gasteiger partial charge in [0.15, 0.2) is 0 Å². The Balaban J connectivity index is 0.000000878. The largest absolute Gasteiger partial charge is 0.483 e. The zero-order valence-electron chi connectivity index (χ0n) is 15.6. The first-order valence-corrected chi connectivity index (χ1v) is 9.38. The summed E-state index contributed by atoms with van der Waals surface area (Å²) in [5.74, 6) is -0.536. The number of carbonyl (C=O) groups is 3. The van der Waals surface area contributed by atoms with Gasteiger partial charge in [0.1, 0.15) is 0 Å². The summed E-state index contributed by atoms with van der Waals surface area (Å²) in [4.78, 5) is 41.3. The molecule has 0 aromatic carbocycles. The third-order valence-corrected chi connectivity index (χ3v) is 5.33. The van der Waals surface area contributed by atoms with Crippen LogP contribution >= 0.6 is 11.6 Å². The van der Waals surface area contributed by atoms with Crippen LogP contribution in [-0.2, 0) is 9.59 Å². The third-order valence-electron chi connectivity index (χ3n) is 5.03. The predicted molar refractivity (Wildman–Crippen MR) is 102 cm³/mol. The lowest BCUT2D eigenvalue weighted by molar-refractivity contribution is -0.137. The van der Waals surface area contributed by atoms with E-state index < -0.39 is 12.1 Å². The quantitative estimate of drug-likeness (QED) is 0.600. The molecule has 2 fully saturated rings. The van der Waals surface area contributed by atoms with E-state index in [4.69, 9.17) is 21.5 Å². The van der Waals surface area contributed by atoms with E-state index in [1.165, 1.54) is 18.5 Å². The van der Waals surface area contributed by atoms with Crippen molar-refractivity contribution in [2.24, 2.45) is 5.92 Å². The molecule has 1 aliphatic carbocycles. The molecule has 2 amide bonds. The molecular weight excluding hydrogens is 388 g/mol. The monoisotopic (exact) mass is 412 g/mol. The van der Waals surface area contributed by atoms with Gasteiger partial charge in [-0.05, 0) is 26.0 Å². The number of carbonyl (C=O) groups excluding carboxylic acids is 2. The number of carboxylic acid groups (broad SMARTS) is 1. The topological polar surface area (TPSA) is 123 Å². The van der Waals surface area contributed by atoms with Crippen molar-refractivity contribution in [1.29, 1.82) is 0 Å². The molecular formula is C18H25ClN4O5. The Hall–Kier alpha value is -2.23. The van der Waals surface area contributed by atoms with Crippen molar-refractivity contribution in [2.45, 2.75) is 25.0 Å². The summed E-state index contributed by atoms with van der Waals surface area (Å²) >= 11 is 5.98. The number of halogens is 1. The second kappa shape index (κ2) is 10.4. The maximum Gasteiger partial charge on any atom is 0.290 e. The highest BCUT2D eigenvalue weighted by Gasteiger charge is 2.39. The number of amides is 2. The number of nitrogens with zero attached hydrogens (tertiary/aromatic N) is 3. The fourth-order valence-electron chi connectivity index (χ4n) is 3.46. The van der Waals surface area contributed by atoms with Gasteiger partial charge >= 0.3 is 0 Å². The van der Waals surface area contributed by atoms with E-state index in [-0.39, 0.29) is 29.2 Å². The Kier molecular flexibility index (Phi) is 8.16. The van der Waals surface area contributed by atoms with Gasteiger partial charge in [0.25, 0.3) is 12.4 Å². The van der Waals surface area contributed by atoms with Crippen LogP contribution in [-0.4, -0.2) is 88.7 Å². The van der Waals surface area contributed by atoms with E-state index in [9.17, 15) is 14.7 Å². The van der Waals surface area contributed by atoms with Crippen LogP contribution in [0.4, 0.5) is 0 Å². The van der Waals surface area contributed by atoms with Crippen LogP contribution in [0, 0.1) is 5.92 Å². The average Bonchev–Trinajstić information content (AvgIpc) is 3.03. The highest BCUT2D eigenvalue weighted by Crippen LogP contribution is 2.29. The van der Waals surface area contributed by atoms with Crippen molar-refractivity contribution in [2.75, 3.05) is 33.2 Å². The third kappa shape index (κ3) is 5.63. The molecule has 3 atom stereocenters. The van der Waals surface area contributed by atoms with E-state index in [0.29, 0.717) is 31.5 Å². The second-order valence-electron chi connectivity index (χ2n) is 6.91. The number of hydrogen-bond donors (Lipinski definition) is 3. The van der Waals surface area contributed by atoms with Crippen LogP contribution in [0.3, 0.4) is 0 Å².